The summed E-state index contributed by atoms with van der Waals surface area (Å²) in [6, 6.07) is 1.95. The minimum atomic E-state index is 0.168. The summed E-state index contributed by atoms with van der Waals surface area (Å²) in [5.74, 6) is 0.579. The zero-order chi connectivity index (χ0) is 10.8. The summed E-state index contributed by atoms with van der Waals surface area (Å²) in [7, 11) is 0. The molecule has 0 spiro atoms. The van der Waals surface area contributed by atoms with Gasteiger partial charge in [-0.3, -0.25) is 0 Å². The van der Waals surface area contributed by atoms with Gasteiger partial charge in [0, 0.05) is 6.20 Å². The molecular formula is C10H13N5. The number of pyridine rings is 1. The largest absolute Gasteiger partial charge is 0.383 e. The van der Waals surface area contributed by atoms with E-state index >= 15 is 0 Å². The minimum absolute atomic E-state index is 0.168. The fourth-order valence-electron chi connectivity index (χ4n) is 1.64. The zero-order valence-corrected chi connectivity index (χ0v) is 8.57. The summed E-state index contributed by atoms with van der Waals surface area (Å²) < 4.78 is 0. The molecule has 0 saturated heterocycles. The normalized spacial score (nSPS) is 10.7. The Balaban J connectivity index is 2.73. The Morgan fingerprint density at radius 3 is 2.80 bits per heavy atom. The molecule has 78 valence electrons. The molecule has 0 aliphatic rings. The third kappa shape index (κ3) is 1.68. The molecule has 2 rings (SSSR count). The smallest absolute Gasteiger partial charge is 0.224 e. The molecule has 0 atom stereocenters. The Labute approximate surface area is 87.5 Å². The molecule has 0 fully saturated rings. The molecule has 0 unspecified atom stereocenters. The van der Waals surface area contributed by atoms with Gasteiger partial charge in [-0.2, -0.15) is 9.97 Å². The maximum atomic E-state index is 5.82. The molecule has 2 heterocycles. The van der Waals surface area contributed by atoms with Crippen molar-refractivity contribution in [2.45, 2.75) is 19.8 Å². The van der Waals surface area contributed by atoms with Crippen LogP contribution in [-0.4, -0.2) is 15.0 Å². The summed E-state index contributed by atoms with van der Waals surface area (Å²) >= 11 is 0. The van der Waals surface area contributed by atoms with Crippen LogP contribution in [0.3, 0.4) is 0 Å². The van der Waals surface area contributed by atoms with E-state index in [1.807, 2.05) is 6.07 Å². The van der Waals surface area contributed by atoms with Gasteiger partial charge in [0.25, 0.3) is 0 Å². The number of hydrogen-bond acceptors (Lipinski definition) is 5. The Hall–Kier alpha value is -1.91. The lowest BCUT2D eigenvalue weighted by Crippen LogP contribution is -2.03. The van der Waals surface area contributed by atoms with E-state index in [9.17, 15) is 0 Å². The monoisotopic (exact) mass is 203 g/mol. The van der Waals surface area contributed by atoms with E-state index in [4.69, 9.17) is 11.5 Å². The SMILES string of the molecule is CCCc1ccnc2nc(N)nc(N)c12. The van der Waals surface area contributed by atoms with Crippen LogP contribution in [0.4, 0.5) is 11.8 Å². The maximum Gasteiger partial charge on any atom is 0.224 e. The molecule has 5 heteroatoms. The average molecular weight is 203 g/mol. The lowest BCUT2D eigenvalue weighted by atomic mass is 10.1. The molecule has 0 saturated carbocycles. The Kier molecular flexibility index (Phi) is 2.37. The number of nitrogens with two attached hydrogens (primary N) is 2. The number of hydrogen-bond donors (Lipinski definition) is 2. The van der Waals surface area contributed by atoms with E-state index in [2.05, 4.69) is 21.9 Å². The van der Waals surface area contributed by atoms with Crippen LogP contribution in [0.2, 0.25) is 0 Å². The molecule has 0 aliphatic carbocycles. The van der Waals surface area contributed by atoms with Crippen molar-refractivity contribution in [2.75, 3.05) is 11.5 Å². The second-order valence-electron chi connectivity index (χ2n) is 3.39. The predicted molar refractivity (Wildman–Crippen MR) is 60.2 cm³/mol. The molecule has 0 aliphatic heterocycles. The van der Waals surface area contributed by atoms with Crippen LogP contribution >= 0.6 is 0 Å². The van der Waals surface area contributed by atoms with E-state index in [0.717, 1.165) is 23.8 Å². The third-order valence-corrected chi connectivity index (χ3v) is 2.25. The third-order valence-electron chi connectivity index (χ3n) is 2.25. The summed E-state index contributed by atoms with van der Waals surface area (Å²) in [6.07, 6.45) is 3.71. The first-order valence-corrected chi connectivity index (χ1v) is 4.89. The van der Waals surface area contributed by atoms with Crippen LogP contribution in [0.15, 0.2) is 12.3 Å². The van der Waals surface area contributed by atoms with Gasteiger partial charge in [0.15, 0.2) is 5.65 Å². The molecule has 4 N–H and O–H groups in total. The fraction of sp³-hybridized carbons (Fsp3) is 0.300. The molecular weight excluding hydrogens is 190 g/mol. The molecule has 0 radical (unpaired) electrons. The highest BCUT2D eigenvalue weighted by Gasteiger charge is 2.08. The predicted octanol–water partition coefficient (Wildman–Crippen LogP) is 1.14. The topological polar surface area (TPSA) is 90.7 Å². The number of fused-ring (bicyclic) bond motifs is 1. The molecule has 15 heavy (non-hydrogen) atoms. The standard InChI is InChI=1S/C10H13N5/c1-2-3-6-4-5-13-9-7(6)8(11)14-10(12)15-9/h4-5H,2-3H2,1H3,(H4,11,12,13,14,15). The van der Waals surface area contributed by atoms with Crippen molar-refractivity contribution in [3.8, 4) is 0 Å². The fourth-order valence-corrected chi connectivity index (χ4v) is 1.64. The van der Waals surface area contributed by atoms with Gasteiger partial charge in [0.1, 0.15) is 5.82 Å². The van der Waals surface area contributed by atoms with Gasteiger partial charge in [-0.1, -0.05) is 13.3 Å². The number of rotatable bonds is 2. The van der Waals surface area contributed by atoms with Crippen LogP contribution in [0.5, 0.6) is 0 Å². The first-order valence-electron chi connectivity index (χ1n) is 4.89. The molecule has 2 aromatic heterocycles. The van der Waals surface area contributed by atoms with Crippen molar-refractivity contribution in [2.24, 2.45) is 0 Å². The zero-order valence-electron chi connectivity index (χ0n) is 8.57. The highest BCUT2D eigenvalue weighted by molar-refractivity contribution is 5.89. The van der Waals surface area contributed by atoms with Gasteiger partial charge in [0.2, 0.25) is 5.95 Å². The quantitative estimate of drug-likeness (QED) is 0.763. The van der Waals surface area contributed by atoms with E-state index in [0.29, 0.717) is 11.5 Å². The van der Waals surface area contributed by atoms with Gasteiger partial charge in [-0.05, 0) is 18.1 Å². The summed E-state index contributed by atoms with van der Waals surface area (Å²) in [6.45, 7) is 2.11. The van der Waals surface area contributed by atoms with Gasteiger partial charge in [0.05, 0.1) is 5.39 Å². The number of nitrogen functional groups attached to an aromatic ring is 2. The van der Waals surface area contributed by atoms with Crippen molar-refractivity contribution >= 4 is 22.8 Å². The van der Waals surface area contributed by atoms with Gasteiger partial charge >= 0.3 is 0 Å². The lowest BCUT2D eigenvalue weighted by Gasteiger charge is -2.06. The number of aromatic nitrogens is 3. The molecule has 0 bridgehead atoms. The molecule has 2 aromatic rings. The number of aryl methyl sites for hydroxylation is 1. The van der Waals surface area contributed by atoms with Crippen molar-refractivity contribution in [1.82, 2.24) is 15.0 Å². The highest BCUT2D eigenvalue weighted by Crippen LogP contribution is 2.22. The summed E-state index contributed by atoms with van der Waals surface area (Å²) in [5.41, 5.74) is 13.0. The maximum absolute atomic E-state index is 5.82. The van der Waals surface area contributed by atoms with Crippen molar-refractivity contribution in [3.05, 3.63) is 17.8 Å². The lowest BCUT2D eigenvalue weighted by molar-refractivity contribution is 0.926. The van der Waals surface area contributed by atoms with Crippen molar-refractivity contribution in [3.63, 3.8) is 0 Å². The van der Waals surface area contributed by atoms with Crippen molar-refractivity contribution in [1.29, 1.82) is 0 Å². The Morgan fingerprint density at radius 1 is 1.27 bits per heavy atom. The summed E-state index contributed by atoms with van der Waals surface area (Å²) in [4.78, 5) is 12.1. The number of nitrogens with zero attached hydrogens (tertiary/aromatic N) is 3. The van der Waals surface area contributed by atoms with Crippen molar-refractivity contribution < 1.29 is 0 Å². The minimum Gasteiger partial charge on any atom is -0.383 e. The second-order valence-corrected chi connectivity index (χ2v) is 3.39. The first kappa shape index (κ1) is 9.64. The molecule has 0 aromatic carbocycles. The Morgan fingerprint density at radius 2 is 2.07 bits per heavy atom. The second kappa shape index (κ2) is 3.68. The Bertz CT molecular complexity index is 494. The van der Waals surface area contributed by atoms with Gasteiger partial charge < -0.3 is 11.5 Å². The van der Waals surface area contributed by atoms with Gasteiger partial charge in [-0.25, -0.2) is 4.98 Å². The van der Waals surface area contributed by atoms with E-state index in [1.165, 1.54) is 0 Å². The van der Waals surface area contributed by atoms with Gasteiger partial charge in [-0.15, -0.1) is 0 Å². The summed E-state index contributed by atoms with van der Waals surface area (Å²) in [5, 5.41) is 0.827. The van der Waals surface area contributed by atoms with Crippen LogP contribution in [-0.2, 0) is 6.42 Å². The van der Waals surface area contributed by atoms with E-state index in [-0.39, 0.29) is 5.95 Å². The average Bonchev–Trinajstić information content (AvgIpc) is 2.17. The van der Waals surface area contributed by atoms with E-state index < -0.39 is 0 Å². The number of anilines is 2. The molecule has 5 nitrogen and oxygen atoms in total. The highest BCUT2D eigenvalue weighted by atomic mass is 15.1. The van der Waals surface area contributed by atoms with E-state index in [1.54, 1.807) is 6.20 Å². The van der Waals surface area contributed by atoms with Crippen LogP contribution in [0.1, 0.15) is 18.9 Å². The van der Waals surface area contributed by atoms with Crippen LogP contribution in [0.25, 0.3) is 11.0 Å². The van der Waals surface area contributed by atoms with Crippen LogP contribution < -0.4 is 11.5 Å². The molecule has 0 amide bonds. The van der Waals surface area contributed by atoms with Crippen LogP contribution in [0, 0.1) is 0 Å². The first-order chi connectivity index (χ1) is 7.22.